The van der Waals surface area contributed by atoms with E-state index in [4.69, 9.17) is 5.73 Å². The minimum Gasteiger partial charge on any atom is -0.397 e. The Morgan fingerprint density at radius 2 is 1.90 bits per heavy atom. The normalized spacial score (nSPS) is 10.3. The number of nitrogens with zero attached hydrogens (tertiary/aromatic N) is 1. The molecule has 2 aromatic rings. The molecule has 1 aromatic carbocycles. The zero-order valence-electron chi connectivity index (χ0n) is 11.5. The summed E-state index contributed by atoms with van der Waals surface area (Å²) >= 11 is 0. The van der Waals surface area contributed by atoms with Crippen molar-refractivity contribution < 1.29 is 4.79 Å². The standard InChI is InChI=1S/C15H17N3O2/c1-10-5-3-7-12(16)15(10)17-13(19)9-18-11(2)6-4-8-14(18)20/h3-8H,9,16H2,1-2H3,(H,17,19). The van der Waals surface area contributed by atoms with Crippen molar-refractivity contribution in [1.29, 1.82) is 0 Å². The van der Waals surface area contributed by atoms with Crippen LogP contribution in [0.2, 0.25) is 0 Å². The van der Waals surface area contributed by atoms with Crippen molar-refractivity contribution in [2.75, 3.05) is 11.1 Å². The summed E-state index contributed by atoms with van der Waals surface area (Å²) in [6, 6.07) is 10.3. The van der Waals surface area contributed by atoms with E-state index < -0.39 is 0 Å². The van der Waals surface area contributed by atoms with Gasteiger partial charge in [0.15, 0.2) is 0 Å². The summed E-state index contributed by atoms with van der Waals surface area (Å²) in [7, 11) is 0. The second kappa shape index (κ2) is 5.61. The Bertz CT molecular complexity index is 684. The molecule has 0 fully saturated rings. The van der Waals surface area contributed by atoms with E-state index in [1.54, 1.807) is 25.1 Å². The number of hydrogen-bond donors (Lipinski definition) is 2. The topological polar surface area (TPSA) is 77.1 Å². The first-order chi connectivity index (χ1) is 9.49. The number of amides is 1. The first-order valence-corrected chi connectivity index (χ1v) is 6.30. The number of carbonyl (C=O) groups is 1. The molecule has 0 spiro atoms. The summed E-state index contributed by atoms with van der Waals surface area (Å²) in [5.41, 5.74) is 8.38. The van der Waals surface area contributed by atoms with E-state index >= 15 is 0 Å². The van der Waals surface area contributed by atoms with Crippen molar-refractivity contribution in [1.82, 2.24) is 4.57 Å². The van der Waals surface area contributed by atoms with Gasteiger partial charge in [-0.25, -0.2) is 0 Å². The maximum atomic E-state index is 12.1. The van der Waals surface area contributed by atoms with Crippen LogP contribution in [0.25, 0.3) is 0 Å². The molecule has 0 bridgehead atoms. The van der Waals surface area contributed by atoms with Gasteiger partial charge in [0, 0.05) is 11.8 Å². The number of nitrogen functional groups attached to an aromatic ring is 1. The van der Waals surface area contributed by atoms with Gasteiger partial charge in [0.1, 0.15) is 6.54 Å². The third-order valence-corrected chi connectivity index (χ3v) is 3.14. The van der Waals surface area contributed by atoms with Gasteiger partial charge in [-0.2, -0.15) is 0 Å². The molecule has 0 aliphatic heterocycles. The van der Waals surface area contributed by atoms with Crippen LogP contribution in [0.5, 0.6) is 0 Å². The van der Waals surface area contributed by atoms with E-state index in [2.05, 4.69) is 5.32 Å². The number of hydrogen-bond acceptors (Lipinski definition) is 3. The smallest absolute Gasteiger partial charge is 0.251 e. The van der Waals surface area contributed by atoms with E-state index in [9.17, 15) is 9.59 Å². The van der Waals surface area contributed by atoms with E-state index in [0.29, 0.717) is 11.4 Å². The van der Waals surface area contributed by atoms with Crippen molar-refractivity contribution in [3.05, 3.63) is 58.0 Å². The van der Waals surface area contributed by atoms with Crippen LogP contribution in [0.15, 0.2) is 41.2 Å². The number of pyridine rings is 1. The summed E-state index contributed by atoms with van der Waals surface area (Å²) < 4.78 is 1.42. The number of carbonyl (C=O) groups excluding carboxylic acids is 1. The fourth-order valence-corrected chi connectivity index (χ4v) is 2.01. The number of aryl methyl sites for hydroxylation is 2. The van der Waals surface area contributed by atoms with Crippen LogP contribution >= 0.6 is 0 Å². The van der Waals surface area contributed by atoms with Gasteiger partial charge in [0.25, 0.3) is 5.56 Å². The second-order valence-electron chi connectivity index (χ2n) is 4.68. The summed E-state index contributed by atoms with van der Waals surface area (Å²) in [5.74, 6) is -0.276. The molecule has 20 heavy (non-hydrogen) atoms. The molecule has 0 radical (unpaired) electrons. The summed E-state index contributed by atoms with van der Waals surface area (Å²) in [6.07, 6.45) is 0. The highest BCUT2D eigenvalue weighted by molar-refractivity contribution is 5.94. The molecule has 0 saturated heterocycles. The number of rotatable bonds is 3. The van der Waals surface area contributed by atoms with Crippen molar-refractivity contribution in [2.45, 2.75) is 20.4 Å². The Labute approximate surface area is 117 Å². The Morgan fingerprint density at radius 1 is 1.20 bits per heavy atom. The van der Waals surface area contributed by atoms with Crippen LogP contribution in [0.3, 0.4) is 0 Å². The summed E-state index contributed by atoms with van der Waals surface area (Å²) in [4.78, 5) is 23.8. The lowest BCUT2D eigenvalue weighted by atomic mass is 10.1. The maximum absolute atomic E-state index is 12.1. The number of nitrogens with two attached hydrogens (primary N) is 1. The number of nitrogens with one attached hydrogen (secondary N) is 1. The minimum absolute atomic E-state index is 0.0285. The Hall–Kier alpha value is -2.56. The molecule has 5 heteroatoms. The molecule has 1 heterocycles. The van der Waals surface area contributed by atoms with Gasteiger partial charge in [-0.05, 0) is 31.5 Å². The molecule has 1 aromatic heterocycles. The number of aromatic nitrogens is 1. The average molecular weight is 271 g/mol. The van der Waals surface area contributed by atoms with Gasteiger partial charge >= 0.3 is 0 Å². The third kappa shape index (κ3) is 2.88. The van der Waals surface area contributed by atoms with Crippen molar-refractivity contribution in [2.24, 2.45) is 0 Å². The van der Waals surface area contributed by atoms with Crippen LogP contribution in [0, 0.1) is 13.8 Å². The second-order valence-corrected chi connectivity index (χ2v) is 4.68. The number of para-hydroxylation sites is 1. The van der Waals surface area contributed by atoms with Gasteiger partial charge in [0.2, 0.25) is 5.91 Å². The van der Waals surface area contributed by atoms with Crippen LogP contribution in [-0.4, -0.2) is 10.5 Å². The molecule has 2 rings (SSSR count). The van der Waals surface area contributed by atoms with Gasteiger partial charge in [-0.1, -0.05) is 18.2 Å². The zero-order chi connectivity index (χ0) is 14.7. The third-order valence-electron chi connectivity index (χ3n) is 3.14. The minimum atomic E-state index is -0.276. The molecular weight excluding hydrogens is 254 g/mol. The first-order valence-electron chi connectivity index (χ1n) is 6.30. The lowest BCUT2D eigenvalue weighted by molar-refractivity contribution is -0.116. The molecule has 0 unspecified atom stereocenters. The SMILES string of the molecule is Cc1cccc(N)c1NC(=O)Cn1c(C)cccc1=O. The summed E-state index contributed by atoms with van der Waals surface area (Å²) in [6.45, 7) is 3.63. The predicted molar refractivity (Wildman–Crippen MR) is 79.7 cm³/mol. The number of anilines is 2. The molecule has 0 saturated carbocycles. The van der Waals surface area contributed by atoms with Gasteiger partial charge in [0.05, 0.1) is 11.4 Å². The molecule has 1 amide bonds. The van der Waals surface area contributed by atoms with Crippen molar-refractivity contribution in [3.63, 3.8) is 0 Å². The van der Waals surface area contributed by atoms with E-state index in [-0.39, 0.29) is 18.0 Å². The molecule has 104 valence electrons. The van der Waals surface area contributed by atoms with Gasteiger partial charge in [-0.3, -0.25) is 9.59 Å². The molecule has 5 nitrogen and oxygen atoms in total. The molecule has 0 aliphatic carbocycles. The highest BCUT2D eigenvalue weighted by atomic mass is 16.2. The Balaban J connectivity index is 2.20. The summed E-state index contributed by atoms with van der Waals surface area (Å²) in [5, 5.41) is 2.76. The molecular formula is C15H17N3O2. The van der Waals surface area contributed by atoms with Crippen LogP contribution in [0.4, 0.5) is 11.4 Å². The zero-order valence-corrected chi connectivity index (χ0v) is 11.5. The fourth-order valence-electron chi connectivity index (χ4n) is 2.01. The van der Waals surface area contributed by atoms with Crippen LogP contribution in [0.1, 0.15) is 11.3 Å². The Kier molecular flexibility index (Phi) is 3.89. The van der Waals surface area contributed by atoms with Crippen molar-refractivity contribution >= 4 is 17.3 Å². The highest BCUT2D eigenvalue weighted by Crippen LogP contribution is 2.22. The van der Waals surface area contributed by atoms with Gasteiger partial charge < -0.3 is 15.6 Å². The molecule has 0 aliphatic rings. The van der Waals surface area contributed by atoms with E-state index in [0.717, 1.165) is 11.3 Å². The predicted octanol–water partition coefficient (Wildman–Crippen LogP) is 1.69. The molecule has 3 N–H and O–H groups in total. The Morgan fingerprint density at radius 3 is 2.55 bits per heavy atom. The quantitative estimate of drug-likeness (QED) is 0.834. The fraction of sp³-hybridized carbons (Fsp3) is 0.200. The first kappa shape index (κ1) is 13.9. The lowest BCUT2D eigenvalue weighted by Gasteiger charge is -2.13. The monoisotopic (exact) mass is 271 g/mol. The van der Waals surface area contributed by atoms with Crippen LogP contribution < -0.4 is 16.6 Å². The number of benzene rings is 1. The van der Waals surface area contributed by atoms with Gasteiger partial charge in [-0.15, -0.1) is 0 Å². The van der Waals surface area contributed by atoms with E-state index in [1.165, 1.54) is 10.6 Å². The largest absolute Gasteiger partial charge is 0.397 e. The maximum Gasteiger partial charge on any atom is 0.251 e. The highest BCUT2D eigenvalue weighted by Gasteiger charge is 2.10. The lowest BCUT2D eigenvalue weighted by Crippen LogP contribution is -2.28. The van der Waals surface area contributed by atoms with Crippen molar-refractivity contribution in [3.8, 4) is 0 Å². The van der Waals surface area contributed by atoms with Crippen LogP contribution in [-0.2, 0) is 11.3 Å². The average Bonchev–Trinajstić information content (AvgIpc) is 2.39. The molecule has 0 atom stereocenters. The van der Waals surface area contributed by atoms with E-state index in [1.807, 2.05) is 19.1 Å².